The zero-order valence-electron chi connectivity index (χ0n) is 10.7. The van der Waals surface area contributed by atoms with E-state index in [4.69, 9.17) is 4.74 Å². The molecule has 0 radical (unpaired) electrons. The molecule has 0 rings (SSSR count). The van der Waals surface area contributed by atoms with Crippen molar-refractivity contribution in [2.24, 2.45) is 0 Å². The van der Waals surface area contributed by atoms with Crippen LogP contribution in [0.4, 0.5) is 0 Å². The molecule has 0 bridgehead atoms. The second-order valence-electron chi connectivity index (χ2n) is 3.49. The van der Waals surface area contributed by atoms with E-state index in [9.17, 15) is 14.4 Å². The molecule has 18 heavy (non-hydrogen) atoms. The summed E-state index contributed by atoms with van der Waals surface area (Å²) in [5.74, 6) is -1.20. The van der Waals surface area contributed by atoms with Crippen LogP contribution in [0.25, 0.3) is 0 Å². The van der Waals surface area contributed by atoms with Gasteiger partial charge in [0.1, 0.15) is 0 Å². The van der Waals surface area contributed by atoms with Gasteiger partial charge < -0.3 is 4.74 Å². The highest BCUT2D eigenvalue weighted by molar-refractivity contribution is 5.82. The van der Waals surface area contributed by atoms with Gasteiger partial charge in [0.05, 0.1) is 19.7 Å². The number of hydrazine groups is 1. The number of carbonyl (C=O) groups is 3. The molecule has 0 spiro atoms. The summed E-state index contributed by atoms with van der Waals surface area (Å²) in [6, 6.07) is 0. The number of hydrogen-bond acceptors (Lipinski definition) is 5. The van der Waals surface area contributed by atoms with Gasteiger partial charge in [0.15, 0.2) is 0 Å². The fourth-order valence-electron chi connectivity index (χ4n) is 1.16. The molecule has 0 saturated carbocycles. The molecule has 7 nitrogen and oxygen atoms in total. The summed E-state index contributed by atoms with van der Waals surface area (Å²) < 4.78 is 4.78. The average molecular weight is 257 g/mol. The van der Waals surface area contributed by atoms with Crippen molar-refractivity contribution in [2.75, 3.05) is 26.2 Å². The number of carbonyl (C=O) groups excluding carboxylic acids is 3. The highest BCUT2D eigenvalue weighted by Crippen LogP contribution is 1.91. The zero-order chi connectivity index (χ0) is 14.0. The standard InChI is InChI=1S/C11H19N3O4/c1-4-6-14(8-11(17)18-5-2)7-10(16)13-12-9(3)15/h4H,1,5-8H2,2-3H3,(H,12,15)(H,13,16). The summed E-state index contributed by atoms with van der Waals surface area (Å²) in [6.45, 7) is 7.14. The van der Waals surface area contributed by atoms with Crippen LogP contribution in [0.1, 0.15) is 13.8 Å². The van der Waals surface area contributed by atoms with E-state index in [0.717, 1.165) is 0 Å². The minimum atomic E-state index is -0.420. The first-order chi connectivity index (χ1) is 8.49. The van der Waals surface area contributed by atoms with Gasteiger partial charge in [0.2, 0.25) is 5.91 Å². The maximum Gasteiger partial charge on any atom is 0.320 e. The van der Waals surface area contributed by atoms with Gasteiger partial charge in [-0.25, -0.2) is 0 Å². The molecule has 2 N–H and O–H groups in total. The van der Waals surface area contributed by atoms with Gasteiger partial charge in [-0.15, -0.1) is 6.58 Å². The Balaban J connectivity index is 4.16. The summed E-state index contributed by atoms with van der Waals surface area (Å²) in [7, 11) is 0. The minimum absolute atomic E-state index is 0.00660. The Labute approximate surface area is 106 Å². The molecule has 0 aromatic rings. The Bertz CT molecular complexity index is 317. The topological polar surface area (TPSA) is 87.7 Å². The molecule has 0 atom stereocenters. The number of rotatable bonds is 7. The maximum atomic E-state index is 11.4. The molecule has 0 fully saturated rings. The summed E-state index contributed by atoms with van der Waals surface area (Å²) in [6.07, 6.45) is 1.57. The van der Waals surface area contributed by atoms with Gasteiger partial charge in [-0.05, 0) is 6.92 Å². The Morgan fingerprint density at radius 2 is 1.94 bits per heavy atom. The molecule has 0 aromatic carbocycles. The Kier molecular flexibility index (Phi) is 8.21. The summed E-state index contributed by atoms with van der Waals surface area (Å²) >= 11 is 0. The predicted octanol–water partition coefficient (Wildman–Crippen LogP) is -0.795. The van der Waals surface area contributed by atoms with Gasteiger partial charge in [0.25, 0.3) is 5.91 Å². The highest BCUT2D eigenvalue weighted by atomic mass is 16.5. The first-order valence-electron chi connectivity index (χ1n) is 5.53. The van der Waals surface area contributed by atoms with Crippen molar-refractivity contribution in [3.05, 3.63) is 12.7 Å². The lowest BCUT2D eigenvalue weighted by Gasteiger charge is -2.18. The van der Waals surface area contributed by atoms with Crippen molar-refractivity contribution in [1.82, 2.24) is 15.8 Å². The van der Waals surface area contributed by atoms with E-state index >= 15 is 0 Å². The number of nitrogens with one attached hydrogen (secondary N) is 2. The summed E-state index contributed by atoms with van der Waals surface area (Å²) in [4.78, 5) is 34.8. The molecule has 0 aliphatic heterocycles. The lowest BCUT2D eigenvalue weighted by atomic mass is 10.4. The third-order valence-corrected chi connectivity index (χ3v) is 1.79. The molecule has 0 unspecified atom stereocenters. The fourth-order valence-corrected chi connectivity index (χ4v) is 1.16. The quantitative estimate of drug-likeness (QED) is 0.354. The van der Waals surface area contributed by atoms with Crippen molar-refractivity contribution < 1.29 is 19.1 Å². The average Bonchev–Trinajstić information content (AvgIpc) is 2.27. The Morgan fingerprint density at radius 1 is 1.28 bits per heavy atom. The van der Waals surface area contributed by atoms with Crippen LogP contribution < -0.4 is 10.9 Å². The van der Waals surface area contributed by atoms with E-state index in [1.165, 1.54) is 6.92 Å². The molecular weight excluding hydrogens is 238 g/mol. The van der Waals surface area contributed by atoms with Crippen LogP contribution in [0, 0.1) is 0 Å². The van der Waals surface area contributed by atoms with E-state index in [1.54, 1.807) is 17.9 Å². The van der Waals surface area contributed by atoms with Crippen LogP contribution >= 0.6 is 0 Å². The molecule has 0 saturated heterocycles. The van der Waals surface area contributed by atoms with Gasteiger partial charge in [-0.3, -0.25) is 30.1 Å². The monoisotopic (exact) mass is 257 g/mol. The second kappa shape index (κ2) is 9.17. The first kappa shape index (κ1) is 16.1. The summed E-state index contributed by atoms with van der Waals surface area (Å²) in [5.41, 5.74) is 4.37. The zero-order valence-corrected chi connectivity index (χ0v) is 10.7. The van der Waals surface area contributed by atoms with Crippen LogP contribution in [-0.2, 0) is 19.1 Å². The van der Waals surface area contributed by atoms with E-state index in [1.807, 2.05) is 0 Å². The molecule has 102 valence electrons. The number of esters is 1. The van der Waals surface area contributed by atoms with E-state index in [-0.39, 0.29) is 19.0 Å². The molecule has 2 amide bonds. The third kappa shape index (κ3) is 8.28. The number of ether oxygens (including phenoxy) is 1. The van der Waals surface area contributed by atoms with Crippen LogP contribution in [0.2, 0.25) is 0 Å². The lowest BCUT2D eigenvalue weighted by Crippen LogP contribution is -2.46. The summed E-state index contributed by atoms with van der Waals surface area (Å²) in [5, 5.41) is 0. The smallest absolute Gasteiger partial charge is 0.320 e. The molecule has 7 heteroatoms. The Hall–Kier alpha value is -1.89. The van der Waals surface area contributed by atoms with E-state index < -0.39 is 11.9 Å². The highest BCUT2D eigenvalue weighted by Gasteiger charge is 2.14. The largest absolute Gasteiger partial charge is 0.465 e. The molecule has 0 heterocycles. The molecular formula is C11H19N3O4. The van der Waals surface area contributed by atoms with Crippen LogP contribution in [0.3, 0.4) is 0 Å². The normalized spacial score (nSPS) is 9.72. The van der Waals surface area contributed by atoms with Crippen LogP contribution in [0.15, 0.2) is 12.7 Å². The van der Waals surface area contributed by atoms with E-state index in [0.29, 0.717) is 13.2 Å². The number of amides is 2. The van der Waals surface area contributed by atoms with Gasteiger partial charge >= 0.3 is 5.97 Å². The van der Waals surface area contributed by atoms with Crippen molar-refractivity contribution >= 4 is 17.8 Å². The fraction of sp³-hybridized carbons (Fsp3) is 0.545. The van der Waals surface area contributed by atoms with Crippen molar-refractivity contribution in [2.45, 2.75) is 13.8 Å². The Morgan fingerprint density at radius 3 is 2.44 bits per heavy atom. The molecule has 0 aliphatic rings. The second-order valence-corrected chi connectivity index (χ2v) is 3.49. The first-order valence-corrected chi connectivity index (χ1v) is 5.53. The van der Waals surface area contributed by atoms with Gasteiger partial charge in [-0.1, -0.05) is 6.08 Å². The SMILES string of the molecule is C=CCN(CC(=O)NNC(C)=O)CC(=O)OCC. The van der Waals surface area contributed by atoms with Crippen molar-refractivity contribution in [3.8, 4) is 0 Å². The number of nitrogens with zero attached hydrogens (tertiary/aromatic N) is 1. The van der Waals surface area contributed by atoms with Gasteiger partial charge in [-0.2, -0.15) is 0 Å². The third-order valence-electron chi connectivity index (χ3n) is 1.79. The van der Waals surface area contributed by atoms with Gasteiger partial charge in [0, 0.05) is 13.5 Å². The number of hydrogen-bond donors (Lipinski definition) is 2. The van der Waals surface area contributed by atoms with Crippen LogP contribution in [-0.4, -0.2) is 48.9 Å². The lowest BCUT2D eigenvalue weighted by molar-refractivity contribution is -0.144. The molecule has 0 aromatic heterocycles. The minimum Gasteiger partial charge on any atom is -0.465 e. The predicted molar refractivity (Wildman–Crippen MR) is 65.2 cm³/mol. The van der Waals surface area contributed by atoms with Crippen molar-refractivity contribution in [3.63, 3.8) is 0 Å². The van der Waals surface area contributed by atoms with Crippen LogP contribution in [0.5, 0.6) is 0 Å². The maximum absolute atomic E-state index is 11.4. The molecule has 0 aliphatic carbocycles. The van der Waals surface area contributed by atoms with Crippen molar-refractivity contribution in [1.29, 1.82) is 0 Å². The van der Waals surface area contributed by atoms with E-state index in [2.05, 4.69) is 17.4 Å².